The minimum Gasteiger partial charge on any atom is -0.341 e. The maximum absolute atomic E-state index is 12.0. The van der Waals surface area contributed by atoms with Gasteiger partial charge in [0.2, 0.25) is 5.79 Å². The maximum Gasteiger partial charge on any atom is 0.229 e. The van der Waals surface area contributed by atoms with Crippen LogP contribution < -0.4 is 0 Å². The molecule has 1 atom stereocenters. The van der Waals surface area contributed by atoms with Gasteiger partial charge < -0.3 is 9.47 Å². The van der Waals surface area contributed by atoms with Gasteiger partial charge in [-0.3, -0.25) is 4.79 Å². The van der Waals surface area contributed by atoms with Crippen LogP contribution in [0.1, 0.15) is 40.0 Å². The SMILES string of the molecule is CC(C)(C)C1CCC2(OCCO2)C(=O)C1. The van der Waals surface area contributed by atoms with Gasteiger partial charge in [-0.15, -0.1) is 0 Å². The molecule has 1 unspecified atom stereocenters. The van der Waals surface area contributed by atoms with Crippen molar-refractivity contribution in [1.29, 1.82) is 0 Å². The van der Waals surface area contributed by atoms with Crippen LogP contribution in [0.15, 0.2) is 0 Å². The van der Waals surface area contributed by atoms with Crippen LogP contribution in [-0.2, 0) is 14.3 Å². The Kier molecular flexibility index (Phi) is 2.63. The molecule has 1 saturated carbocycles. The number of carbonyl (C=O) groups excluding carboxylic acids is 1. The monoisotopic (exact) mass is 212 g/mol. The number of rotatable bonds is 0. The van der Waals surface area contributed by atoms with Crippen molar-refractivity contribution in [2.75, 3.05) is 13.2 Å². The van der Waals surface area contributed by atoms with E-state index in [0.717, 1.165) is 12.8 Å². The molecule has 1 aliphatic carbocycles. The zero-order valence-electron chi connectivity index (χ0n) is 9.84. The van der Waals surface area contributed by atoms with Gasteiger partial charge in [-0.1, -0.05) is 20.8 Å². The third-order valence-corrected chi connectivity index (χ3v) is 3.66. The number of hydrogen-bond donors (Lipinski definition) is 0. The summed E-state index contributed by atoms with van der Waals surface area (Å²) in [6, 6.07) is 0. The van der Waals surface area contributed by atoms with Crippen molar-refractivity contribution in [1.82, 2.24) is 0 Å². The average Bonchev–Trinajstić information content (AvgIpc) is 2.58. The smallest absolute Gasteiger partial charge is 0.229 e. The van der Waals surface area contributed by atoms with Crippen LogP contribution in [0.4, 0.5) is 0 Å². The van der Waals surface area contributed by atoms with Gasteiger partial charge in [0, 0.05) is 12.8 Å². The molecule has 1 saturated heterocycles. The van der Waals surface area contributed by atoms with Crippen molar-refractivity contribution in [3.05, 3.63) is 0 Å². The quantitative estimate of drug-likeness (QED) is 0.617. The van der Waals surface area contributed by atoms with Crippen LogP contribution >= 0.6 is 0 Å². The molecule has 2 fully saturated rings. The largest absolute Gasteiger partial charge is 0.341 e. The van der Waals surface area contributed by atoms with Gasteiger partial charge in [-0.25, -0.2) is 0 Å². The Morgan fingerprint density at radius 3 is 2.33 bits per heavy atom. The summed E-state index contributed by atoms with van der Waals surface area (Å²) < 4.78 is 11.0. The van der Waals surface area contributed by atoms with E-state index in [1.165, 1.54) is 0 Å². The molecule has 1 heterocycles. The molecule has 0 aromatic carbocycles. The second kappa shape index (κ2) is 3.56. The van der Waals surface area contributed by atoms with E-state index in [9.17, 15) is 4.79 Å². The van der Waals surface area contributed by atoms with E-state index < -0.39 is 5.79 Å². The molecule has 2 rings (SSSR count). The van der Waals surface area contributed by atoms with Crippen LogP contribution in [0.3, 0.4) is 0 Å². The van der Waals surface area contributed by atoms with Gasteiger partial charge in [0.05, 0.1) is 13.2 Å². The molecule has 3 heteroatoms. The number of ether oxygens (including phenoxy) is 2. The zero-order chi connectivity index (χ0) is 11.1. The molecule has 0 amide bonds. The standard InChI is InChI=1S/C12H20O3/c1-11(2,3)9-4-5-12(10(13)8-9)14-6-7-15-12/h9H,4-8H2,1-3H3. The first kappa shape index (κ1) is 11.1. The lowest BCUT2D eigenvalue weighted by Crippen LogP contribution is -2.46. The van der Waals surface area contributed by atoms with Crippen molar-refractivity contribution < 1.29 is 14.3 Å². The Labute approximate surface area is 91.1 Å². The molecule has 0 aromatic heterocycles. The molecule has 0 aromatic rings. The molecular weight excluding hydrogens is 192 g/mol. The summed E-state index contributed by atoms with van der Waals surface area (Å²) in [5.41, 5.74) is 0.204. The first-order valence-electron chi connectivity index (χ1n) is 5.75. The number of Topliss-reactive ketones (excluding diaryl/α,β-unsaturated/α-hetero) is 1. The van der Waals surface area contributed by atoms with Crippen molar-refractivity contribution in [3.63, 3.8) is 0 Å². The third kappa shape index (κ3) is 1.95. The van der Waals surface area contributed by atoms with Crippen LogP contribution in [0.2, 0.25) is 0 Å². The minimum atomic E-state index is -0.859. The van der Waals surface area contributed by atoms with Crippen molar-refractivity contribution >= 4 is 5.78 Å². The molecule has 86 valence electrons. The summed E-state index contributed by atoms with van der Waals surface area (Å²) in [6.07, 6.45) is 2.35. The van der Waals surface area contributed by atoms with Crippen molar-refractivity contribution in [2.45, 2.75) is 45.8 Å². The molecule has 1 spiro atoms. The van der Waals surface area contributed by atoms with E-state index in [2.05, 4.69) is 20.8 Å². The summed E-state index contributed by atoms with van der Waals surface area (Å²) in [5, 5.41) is 0. The highest BCUT2D eigenvalue weighted by Crippen LogP contribution is 2.42. The summed E-state index contributed by atoms with van der Waals surface area (Å²) in [6.45, 7) is 7.70. The van der Waals surface area contributed by atoms with Gasteiger partial charge >= 0.3 is 0 Å². The lowest BCUT2D eigenvalue weighted by molar-refractivity contribution is -0.193. The van der Waals surface area contributed by atoms with Gasteiger partial charge in [0.15, 0.2) is 5.78 Å². The highest BCUT2D eigenvalue weighted by atomic mass is 16.7. The fourth-order valence-corrected chi connectivity index (χ4v) is 2.48. The number of ketones is 1. The first-order chi connectivity index (χ1) is 6.94. The third-order valence-electron chi connectivity index (χ3n) is 3.66. The van der Waals surface area contributed by atoms with E-state index in [1.807, 2.05) is 0 Å². The molecule has 0 bridgehead atoms. The van der Waals surface area contributed by atoms with Gasteiger partial charge in [0.25, 0.3) is 0 Å². The highest BCUT2D eigenvalue weighted by Gasteiger charge is 2.49. The minimum absolute atomic E-state index is 0.145. The summed E-state index contributed by atoms with van der Waals surface area (Å²) >= 11 is 0. The van der Waals surface area contributed by atoms with E-state index in [-0.39, 0.29) is 11.2 Å². The normalized spacial score (nSPS) is 31.1. The average molecular weight is 212 g/mol. The predicted molar refractivity (Wildman–Crippen MR) is 56.4 cm³/mol. The second-order valence-electron chi connectivity index (χ2n) is 5.68. The Balaban J connectivity index is 2.06. The van der Waals surface area contributed by atoms with E-state index in [0.29, 0.717) is 25.6 Å². The van der Waals surface area contributed by atoms with Crippen LogP contribution in [0.5, 0.6) is 0 Å². The molecule has 0 N–H and O–H groups in total. The Morgan fingerprint density at radius 2 is 1.87 bits per heavy atom. The fraction of sp³-hybridized carbons (Fsp3) is 0.917. The molecule has 1 aliphatic heterocycles. The van der Waals surface area contributed by atoms with Crippen molar-refractivity contribution in [3.8, 4) is 0 Å². The predicted octanol–water partition coefficient (Wildman–Crippen LogP) is 2.14. The molecule has 0 radical (unpaired) electrons. The summed E-state index contributed by atoms with van der Waals surface area (Å²) in [5.74, 6) is -0.253. The first-order valence-corrected chi connectivity index (χ1v) is 5.75. The van der Waals surface area contributed by atoms with Crippen LogP contribution in [-0.4, -0.2) is 24.8 Å². The topological polar surface area (TPSA) is 35.5 Å². The van der Waals surface area contributed by atoms with Gasteiger partial charge in [-0.2, -0.15) is 0 Å². The number of carbonyl (C=O) groups is 1. The van der Waals surface area contributed by atoms with Crippen molar-refractivity contribution in [2.24, 2.45) is 11.3 Å². The van der Waals surface area contributed by atoms with Gasteiger partial charge in [-0.05, 0) is 17.8 Å². The molecule has 15 heavy (non-hydrogen) atoms. The van der Waals surface area contributed by atoms with E-state index in [4.69, 9.17) is 9.47 Å². The fourth-order valence-electron chi connectivity index (χ4n) is 2.48. The molecular formula is C12H20O3. The lowest BCUT2D eigenvalue weighted by Gasteiger charge is -2.39. The Morgan fingerprint density at radius 1 is 1.27 bits per heavy atom. The Hall–Kier alpha value is -0.410. The van der Waals surface area contributed by atoms with E-state index in [1.54, 1.807) is 0 Å². The van der Waals surface area contributed by atoms with Gasteiger partial charge in [0.1, 0.15) is 0 Å². The van der Waals surface area contributed by atoms with E-state index >= 15 is 0 Å². The lowest BCUT2D eigenvalue weighted by atomic mass is 9.70. The molecule has 3 nitrogen and oxygen atoms in total. The zero-order valence-corrected chi connectivity index (χ0v) is 9.84. The second-order valence-corrected chi connectivity index (χ2v) is 5.68. The maximum atomic E-state index is 12.0. The highest BCUT2D eigenvalue weighted by molar-refractivity contribution is 5.87. The van der Waals surface area contributed by atoms with Crippen LogP contribution in [0, 0.1) is 11.3 Å². The summed E-state index contributed by atoms with van der Waals surface area (Å²) in [7, 11) is 0. The Bertz CT molecular complexity index is 259. The number of hydrogen-bond acceptors (Lipinski definition) is 3. The molecule has 2 aliphatic rings. The van der Waals surface area contributed by atoms with Crippen LogP contribution in [0.25, 0.3) is 0 Å². The summed E-state index contributed by atoms with van der Waals surface area (Å²) in [4.78, 5) is 12.0.